The minimum absolute atomic E-state index is 0.0841. The lowest BCUT2D eigenvalue weighted by Crippen LogP contribution is -1.99. The Hall–Kier alpha value is -2.90. The van der Waals surface area contributed by atoms with Crippen molar-refractivity contribution in [2.75, 3.05) is 12.8 Å². The van der Waals surface area contributed by atoms with Crippen LogP contribution >= 0.6 is 0 Å². The summed E-state index contributed by atoms with van der Waals surface area (Å²) in [5.41, 5.74) is 6.08. The molecule has 0 saturated heterocycles. The summed E-state index contributed by atoms with van der Waals surface area (Å²) < 4.78 is 10.6. The van der Waals surface area contributed by atoms with Gasteiger partial charge >= 0.3 is 0 Å². The molecule has 0 radical (unpaired) electrons. The molecule has 0 aliphatic heterocycles. The maximum atomic E-state index is 10.7. The minimum Gasteiger partial charge on any atom is -0.493 e. The summed E-state index contributed by atoms with van der Waals surface area (Å²) in [5.74, 6) is 0.854. The Morgan fingerprint density at radius 2 is 2.00 bits per heavy atom. The Morgan fingerprint density at radius 3 is 2.60 bits per heavy atom. The maximum absolute atomic E-state index is 10.7. The number of nitrogens with two attached hydrogens (primary N) is 1. The number of nitro benzene ring substituents is 1. The summed E-state index contributed by atoms with van der Waals surface area (Å²) in [7, 11) is 1.39. The van der Waals surface area contributed by atoms with E-state index in [1.807, 2.05) is 0 Å². The van der Waals surface area contributed by atoms with Crippen molar-refractivity contribution in [2.45, 2.75) is 6.92 Å². The number of hydrogen-bond donors (Lipinski definition) is 1. The van der Waals surface area contributed by atoms with E-state index in [4.69, 9.17) is 15.2 Å². The van der Waals surface area contributed by atoms with E-state index in [-0.39, 0.29) is 23.3 Å². The van der Waals surface area contributed by atoms with Gasteiger partial charge in [-0.1, -0.05) is 0 Å². The summed E-state index contributed by atoms with van der Waals surface area (Å²) >= 11 is 0. The van der Waals surface area contributed by atoms with Crippen molar-refractivity contribution in [3.8, 4) is 17.4 Å². The van der Waals surface area contributed by atoms with Crippen LogP contribution in [0.2, 0.25) is 0 Å². The molecule has 0 spiro atoms. The van der Waals surface area contributed by atoms with Gasteiger partial charge in [0.2, 0.25) is 11.8 Å². The highest BCUT2D eigenvalue weighted by molar-refractivity contribution is 5.49. The van der Waals surface area contributed by atoms with Crippen LogP contribution in [0.3, 0.4) is 0 Å². The van der Waals surface area contributed by atoms with Gasteiger partial charge < -0.3 is 15.2 Å². The highest BCUT2D eigenvalue weighted by Gasteiger charge is 2.13. The summed E-state index contributed by atoms with van der Waals surface area (Å²) in [5, 5.41) is 10.7. The number of aromatic nitrogens is 2. The zero-order valence-electron chi connectivity index (χ0n) is 10.9. The van der Waals surface area contributed by atoms with Crippen LogP contribution in [0, 0.1) is 17.0 Å². The third-order valence-corrected chi connectivity index (χ3v) is 2.42. The van der Waals surface area contributed by atoms with Gasteiger partial charge in [0, 0.05) is 17.8 Å². The Morgan fingerprint density at radius 1 is 1.25 bits per heavy atom. The highest BCUT2D eigenvalue weighted by Crippen LogP contribution is 2.34. The smallest absolute Gasteiger partial charge is 0.273 e. The number of aryl methyl sites for hydroxylation is 1. The predicted octanol–water partition coefficient (Wildman–Crippen LogP) is 2.08. The van der Waals surface area contributed by atoms with Crippen molar-refractivity contribution in [1.29, 1.82) is 0 Å². The molecule has 0 saturated carbocycles. The monoisotopic (exact) mass is 276 g/mol. The molecule has 0 aliphatic rings. The van der Waals surface area contributed by atoms with Crippen LogP contribution in [0.5, 0.6) is 17.4 Å². The van der Waals surface area contributed by atoms with Crippen LogP contribution in [-0.4, -0.2) is 22.0 Å². The third kappa shape index (κ3) is 2.91. The fourth-order valence-corrected chi connectivity index (χ4v) is 1.58. The molecule has 1 aromatic carbocycles. The summed E-state index contributed by atoms with van der Waals surface area (Å²) in [6.45, 7) is 1.75. The molecular weight excluding hydrogens is 264 g/mol. The average Bonchev–Trinajstić information content (AvgIpc) is 2.37. The molecule has 2 aromatic rings. The van der Waals surface area contributed by atoms with Gasteiger partial charge in [0.1, 0.15) is 0 Å². The summed E-state index contributed by atoms with van der Waals surface area (Å²) in [4.78, 5) is 18.0. The Bertz CT molecular complexity index is 640. The van der Waals surface area contributed by atoms with Crippen LogP contribution in [0.4, 0.5) is 11.6 Å². The van der Waals surface area contributed by atoms with E-state index < -0.39 is 4.92 Å². The highest BCUT2D eigenvalue weighted by atomic mass is 16.6. The molecule has 104 valence electrons. The zero-order chi connectivity index (χ0) is 14.7. The van der Waals surface area contributed by atoms with Gasteiger partial charge in [-0.3, -0.25) is 10.1 Å². The van der Waals surface area contributed by atoms with Crippen molar-refractivity contribution in [3.05, 3.63) is 40.1 Å². The average molecular weight is 276 g/mol. The van der Waals surface area contributed by atoms with E-state index in [0.29, 0.717) is 11.4 Å². The number of methoxy groups -OCH3 is 1. The van der Waals surface area contributed by atoms with E-state index in [2.05, 4.69) is 9.97 Å². The van der Waals surface area contributed by atoms with Crippen molar-refractivity contribution in [1.82, 2.24) is 9.97 Å². The number of ether oxygens (including phenoxy) is 2. The van der Waals surface area contributed by atoms with Gasteiger partial charge in [0.05, 0.1) is 18.1 Å². The predicted molar refractivity (Wildman–Crippen MR) is 70.9 cm³/mol. The van der Waals surface area contributed by atoms with Gasteiger partial charge in [-0.15, -0.1) is 0 Å². The number of nitrogens with zero attached hydrogens (tertiary/aromatic N) is 3. The third-order valence-electron chi connectivity index (χ3n) is 2.42. The molecule has 8 heteroatoms. The van der Waals surface area contributed by atoms with E-state index in [1.165, 1.54) is 25.3 Å². The second kappa shape index (κ2) is 5.39. The molecule has 0 bridgehead atoms. The van der Waals surface area contributed by atoms with Crippen molar-refractivity contribution < 1.29 is 14.4 Å². The van der Waals surface area contributed by atoms with Crippen molar-refractivity contribution in [3.63, 3.8) is 0 Å². The van der Waals surface area contributed by atoms with Crippen LogP contribution in [-0.2, 0) is 0 Å². The number of non-ortho nitro benzene ring substituents is 1. The molecule has 1 heterocycles. The largest absolute Gasteiger partial charge is 0.493 e. The van der Waals surface area contributed by atoms with E-state index in [9.17, 15) is 10.1 Å². The molecule has 0 atom stereocenters. The second-order valence-electron chi connectivity index (χ2n) is 3.90. The molecule has 1 aromatic heterocycles. The second-order valence-corrected chi connectivity index (χ2v) is 3.90. The first-order valence-corrected chi connectivity index (χ1v) is 5.61. The molecular formula is C12H12N4O4. The van der Waals surface area contributed by atoms with Crippen molar-refractivity contribution in [2.24, 2.45) is 0 Å². The van der Waals surface area contributed by atoms with E-state index in [1.54, 1.807) is 13.0 Å². The molecule has 0 fully saturated rings. The molecule has 0 unspecified atom stereocenters. The lowest BCUT2D eigenvalue weighted by molar-refractivity contribution is -0.384. The lowest BCUT2D eigenvalue weighted by atomic mass is 10.3. The first kappa shape index (κ1) is 13.5. The number of nitro groups is 1. The number of anilines is 1. The standard InChI is InChI=1S/C12H12N4O4/c1-7-5-11(15-12(13)14-7)20-9-4-3-8(16(17)18)6-10(9)19-2/h3-6H,1-2H3,(H2,13,14,15). The van der Waals surface area contributed by atoms with Gasteiger partial charge in [-0.25, -0.2) is 4.98 Å². The molecule has 2 N–H and O–H groups in total. The Kier molecular flexibility index (Phi) is 3.65. The van der Waals surface area contributed by atoms with Gasteiger partial charge in [0.15, 0.2) is 11.5 Å². The molecule has 20 heavy (non-hydrogen) atoms. The van der Waals surface area contributed by atoms with Crippen molar-refractivity contribution >= 4 is 11.6 Å². The Labute approximate surface area is 114 Å². The number of hydrogen-bond acceptors (Lipinski definition) is 7. The van der Waals surface area contributed by atoms with Gasteiger partial charge in [-0.05, 0) is 13.0 Å². The van der Waals surface area contributed by atoms with E-state index in [0.717, 1.165) is 0 Å². The minimum atomic E-state index is -0.515. The van der Waals surface area contributed by atoms with Crippen LogP contribution in [0.1, 0.15) is 5.69 Å². The fourth-order valence-electron chi connectivity index (χ4n) is 1.58. The Balaban J connectivity index is 2.35. The maximum Gasteiger partial charge on any atom is 0.273 e. The van der Waals surface area contributed by atoms with E-state index >= 15 is 0 Å². The molecule has 2 rings (SSSR count). The SMILES string of the molecule is COc1cc([N+](=O)[O-])ccc1Oc1cc(C)nc(N)n1. The summed E-state index contributed by atoms with van der Waals surface area (Å²) in [6.07, 6.45) is 0. The summed E-state index contributed by atoms with van der Waals surface area (Å²) in [6, 6.07) is 5.61. The lowest BCUT2D eigenvalue weighted by Gasteiger charge is -2.09. The topological polar surface area (TPSA) is 113 Å². The molecule has 0 amide bonds. The van der Waals surface area contributed by atoms with Crippen LogP contribution in [0.25, 0.3) is 0 Å². The fraction of sp³-hybridized carbons (Fsp3) is 0.167. The zero-order valence-corrected chi connectivity index (χ0v) is 10.9. The van der Waals surface area contributed by atoms with Gasteiger partial charge in [-0.2, -0.15) is 4.98 Å². The number of nitrogen functional groups attached to an aromatic ring is 1. The number of benzene rings is 1. The van der Waals surface area contributed by atoms with Gasteiger partial charge in [0.25, 0.3) is 5.69 Å². The number of rotatable bonds is 4. The van der Waals surface area contributed by atoms with Crippen LogP contribution in [0.15, 0.2) is 24.3 Å². The molecule has 0 aliphatic carbocycles. The van der Waals surface area contributed by atoms with Crippen LogP contribution < -0.4 is 15.2 Å². The normalized spacial score (nSPS) is 10.1. The molecule has 8 nitrogen and oxygen atoms in total. The first-order chi connectivity index (χ1) is 9.49. The quantitative estimate of drug-likeness (QED) is 0.671. The first-order valence-electron chi connectivity index (χ1n) is 5.61.